The highest BCUT2D eigenvalue weighted by atomic mass is 32.1. The maximum atomic E-state index is 16.2. The molecule has 7 rings (SSSR count). The van der Waals surface area contributed by atoms with Gasteiger partial charge in [0.2, 0.25) is 0 Å². The standard InChI is InChI=1S/C24H18F5N5O2S.C7H12FN/c1-34(9-5-10(35)6-9)22-12-7-14(24(27,28)29)17(18(26)19(12)32-23(33-22)36-2)11-3-4-15(25)20-16(11)13(8-30)21(31)37-20;8-6-4-7-2-1-3-9(7)5-6/h3-4,7,9-10,35H,5-6,31H2,1-2H3;6-7H,1-5H2. The molecule has 2 aromatic heterocycles. The quantitative estimate of drug-likeness (QED) is 0.241. The van der Waals surface area contributed by atoms with Crippen molar-refractivity contribution in [2.24, 2.45) is 0 Å². The molecule has 0 bridgehead atoms. The SMILES string of the molecule is COc1nc(N(C)C2CC(O)C2)c2cc(C(F)(F)F)c(-c3ccc(F)c4sc(N)c(C#N)c34)c(F)c2n1.FC1CC2CCCN2C1. The minimum Gasteiger partial charge on any atom is -0.467 e. The molecule has 46 heavy (non-hydrogen) atoms. The molecule has 0 spiro atoms. The molecule has 3 N–H and O–H groups in total. The van der Waals surface area contributed by atoms with Crippen LogP contribution in [0.3, 0.4) is 0 Å². The third kappa shape index (κ3) is 5.56. The molecular formula is C31H30F6N6O2S. The van der Waals surface area contributed by atoms with Crippen LogP contribution in [-0.2, 0) is 6.18 Å². The Balaban J connectivity index is 0.000000352. The fourth-order valence-electron chi connectivity index (χ4n) is 6.62. The van der Waals surface area contributed by atoms with E-state index in [0.717, 1.165) is 31.2 Å². The van der Waals surface area contributed by atoms with E-state index in [1.54, 1.807) is 18.0 Å². The maximum Gasteiger partial charge on any atom is 0.417 e. The Kier molecular flexibility index (Phi) is 8.41. The number of methoxy groups -OCH3 is 1. The van der Waals surface area contributed by atoms with Gasteiger partial charge in [-0.2, -0.15) is 28.4 Å². The number of aromatic nitrogens is 2. The number of aliphatic hydroxyl groups is 1. The van der Waals surface area contributed by atoms with E-state index in [2.05, 4.69) is 14.9 Å². The van der Waals surface area contributed by atoms with E-state index < -0.39 is 46.7 Å². The molecule has 0 radical (unpaired) electrons. The van der Waals surface area contributed by atoms with Gasteiger partial charge in [-0.1, -0.05) is 6.07 Å². The second-order valence-corrected chi connectivity index (χ2v) is 12.9. The Morgan fingerprint density at radius 1 is 1.20 bits per heavy atom. The molecule has 2 atom stereocenters. The fourth-order valence-corrected chi connectivity index (χ4v) is 7.57. The maximum absolute atomic E-state index is 16.2. The summed E-state index contributed by atoms with van der Waals surface area (Å²) in [5.41, 5.74) is 2.55. The third-order valence-corrected chi connectivity index (χ3v) is 10.0. The summed E-state index contributed by atoms with van der Waals surface area (Å²) in [6.45, 7) is 1.86. The number of benzene rings is 2. The van der Waals surface area contributed by atoms with E-state index in [9.17, 15) is 32.3 Å². The first-order valence-electron chi connectivity index (χ1n) is 14.7. The number of nitrogens with zero attached hydrogens (tertiary/aromatic N) is 5. The van der Waals surface area contributed by atoms with Gasteiger partial charge in [-0.15, -0.1) is 11.3 Å². The number of nitrogens with two attached hydrogens (primary N) is 1. The number of nitriles is 1. The summed E-state index contributed by atoms with van der Waals surface area (Å²) in [6, 6.07) is 4.52. The number of rotatable bonds is 4. The summed E-state index contributed by atoms with van der Waals surface area (Å²) in [5, 5.41) is 18.7. The zero-order valence-corrected chi connectivity index (χ0v) is 25.7. The summed E-state index contributed by atoms with van der Waals surface area (Å²) in [4.78, 5) is 12.0. The summed E-state index contributed by atoms with van der Waals surface area (Å²) in [6.07, 6.45) is -2.05. The molecule has 1 aliphatic carbocycles. The van der Waals surface area contributed by atoms with Crippen molar-refractivity contribution in [1.29, 1.82) is 5.26 Å². The number of hydrogen-bond donors (Lipinski definition) is 2. The number of aliphatic hydroxyl groups excluding tert-OH is 1. The number of nitrogen functional groups attached to an aromatic ring is 1. The smallest absolute Gasteiger partial charge is 0.417 e. The average Bonchev–Trinajstić information content (AvgIpc) is 3.68. The highest BCUT2D eigenvalue weighted by Crippen LogP contribution is 2.48. The lowest BCUT2D eigenvalue weighted by atomic mass is 9.88. The normalized spacial score (nSPS) is 22.7. The van der Waals surface area contributed by atoms with Gasteiger partial charge in [0.15, 0.2) is 5.82 Å². The lowest BCUT2D eigenvalue weighted by Gasteiger charge is -2.39. The average molecular weight is 665 g/mol. The zero-order valence-electron chi connectivity index (χ0n) is 24.8. The molecule has 0 amide bonds. The van der Waals surface area contributed by atoms with Gasteiger partial charge in [0.25, 0.3) is 0 Å². The van der Waals surface area contributed by atoms with Gasteiger partial charge in [0, 0.05) is 42.0 Å². The third-order valence-electron chi connectivity index (χ3n) is 9.01. The van der Waals surface area contributed by atoms with Gasteiger partial charge in [0.05, 0.1) is 29.0 Å². The highest BCUT2D eigenvalue weighted by molar-refractivity contribution is 7.23. The Labute approximate surface area is 264 Å². The molecule has 4 heterocycles. The van der Waals surface area contributed by atoms with Crippen LogP contribution in [0.2, 0.25) is 0 Å². The first kappa shape index (κ1) is 32.1. The van der Waals surface area contributed by atoms with E-state index in [1.807, 2.05) is 0 Å². The fraction of sp³-hybridized carbons (Fsp3) is 0.452. The summed E-state index contributed by atoms with van der Waals surface area (Å²) < 4.78 is 91.6. The van der Waals surface area contributed by atoms with Gasteiger partial charge >= 0.3 is 12.2 Å². The van der Waals surface area contributed by atoms with E-state index in [-0.39, 0.29) is 49.5 Å². The number of hydrogen-bond acceptors (Lipinski definition) is 9. The van der Waals surface area contributed by atoms with Gasteiger partial charge in [-0.05, 0) is 56.3 Å². The number of ether oxygens (including phenoxy) is 1. The number of halogens is 6. The monoisotopic (exact) mass is 664 g/mol. The predicted molar refractivity (Wildman–Crippen MR) is 162 cm³/mol. The van der Waals surface area contributed by atoms with Crippen LogP contribution in [0.15, 0.2) is 18.2 Å². The Bertz CT molecular complexity index is 1840. The topological polar surface area (TPSA) is 112 Å². The van der Waals surface area contributed by atoms with Crippen LogP contribution in [0.4, 0.5) is 37.2 Å². The van der Waals surface area contributed by atoms with Gasteiger partial charge < -0.3 is 20.5 Å². The highest BCUT2D eigenvalue weighted by Gasteiger charge is 2.39. The Morgan fingerprint density at radius 2 is 1.93 bits per heavy atom. The first-order valence-corrected chi connectivity index (χ1v) is 15.5. The number of alkyl halides is 4. The van der Waals surface area contributed by atoms with Crippen molar-refractivity contribution in [3.63, 3.8) is 0 Å². The molecule has 2 aliphatic heterocycles. The molecule has 4 aromatic rings. The van der Waals surface area contributed by atoms with Crippen molar-refractivity contribution in [1.82, 2.24) is 14.9 Å². The molecule has 3 fully saturated rings. The summed E-state index contributed by atoms with van der Waals surface area (Å²) in [7, 11) is 2.81. The van der Waals surface area contributed by atoms with Gasteiger partial charge in [-0.25, -0.2) is 13.2 Å². The van der Waals surface area contributed by atoms with Crippen LogP contribution in [0.25, 0.3) is 32.1 Å². The van der Waals surface area contributed by atoms with Crippen LogP contribution < -0.4 is 15.4 Å². The summed E-state index contributed by atoms with van der Waals surface area (Å²) in [5.74, 6) is -2.14. The van der Waals surface area contributed by atoms with Gasteiger partial charge in [0.1, 0.15) is 34.4 Å². The molecule has 2 aromatic carbocycles. The van der Waals surface area contributed by atoms with Crippen molar-refractivity contribution >= 4 is 43.1 Å². The van der Waals surface area contributed by atoms with E-state index in [1.165, 1.54) is 20.0 Å². The predicted octanol–water partition coefficient (Wildman–Crippen LogP) is 6.42. The Morgan fingerprint density at radius 3 is 2.57 bits per heavy atom. The zero-order chi connectivity index (χ0) is 33.1. The van der Waals surface area contributed by atoms with E-state index in [4.69, 9.17) is 10.5 Å². The van der Waals surface area contributed by atoms with Crippen LogP contribution >= 0.6 is 11.3 Å². The van der Waals surface area contributed by atoms with Crippen molar-refractivity contribution in [3.8, 4) is 23.2 Å². The number of thiophene rings is 1. The lowest BCUT2D eigenvalue weighted by molar-refractivity contribution is -0.137. The van der Waals surface area contributed by atoms with Crippen LogP contribution in [0.5, 0.6) is 6.01 Å². The number of anilines is 2. The molecular weight excluding hydrogens is 634 g/mol. The van der Waals surface area contributed by atoms with Crippen molar-refractivity contribution in [3.05, 3.63) is 41.0 Å². The van der Waals surface area contributed by atoms with Crippen molar-refractivity contribution in [2.75, 3.05) is 37.9 Å². The lowest BCUT2D eigenvalue weighted by Crippen LogP contribution is -2.45. The molecule has 2 unspecified atom stereocenters. The van der Waals surface area contributed by atoms with Crippen LogP contribution in [-0.4, -0.2) is 71.6 Å². The van der Waals surface area contributed by atoms with Crippen molar-refractivity contribution < 1.29 is 36.2 Å². The minimum absolute atomic E-state index is 0.00329. The molecule has 8 nitrogen and oxygen atoms in total. The Hall–Kier alpha value is -3.87. The van der Waals surface area contributed by atoms with Crippen LogP contribution in [0, 0.1) is 23.0 Å². The molecule has 1 saturated carbocycles. The second-order valence-electron chi connectivity index (χ2n) is 11.8. The van der Waals surface area contributed by atoms with Gasteiger partial charge in [-0.3, -0.25) is 4.90 Å². The first-order chi connectivity index (χ1) is 21.8. The summed E-state index contributed by atoms with van der Waals surface area (Å²) >= 11 is 0.690. The second kappa shape index (κ2) is 12.1. The largest absolute Gasteiger partial charge is 0.467 e. The van der Waals surface area contributed by atoms with E-state index >= 15 is 4.39 Å². The molecule has 2 saturated heterocycles. The molecule has 15 heteroatoms. The molecule has 244 valence electrons. The van der Waals surface area contributed by atoms with Crippen molar-refractivity contribution in [2.45, 2.75) is 62.6 Å². The molecule has 3 aliphatic rings. The van der Waals surface area contributed by atoms with Crippen LogP contribution in [0.1, 0.15) is 43.2 Å². The number of fused-ring (bicyclic) bond motifs is 3. The minimum atomic E-state index is -5.04. The van der Waals surface area contributed by atoms with E-state index in [0.29, 0.717) is 36.8 Å².